The Balaban J connectivity index is 1.52. The summed E-state index contributed by atoms with van der Waals surface area (Å²) in [6.45, 7) is 4.68. The zero-order valence-corrected chi connectivity index (χ0v) is 16.0. The minimum atomic E-state index is -2.43. The van der Waals surface area contributed by atoms with E-state index in [9.17, 15) is 13.6 Å². The van der Waals surface area contributed by atoms with Gasteiger partial charge in [-0.25, -0.2) is 0 Å². The van der Waals surface area contributed by atoms with Crippen LogP contribution in [0, 0.1) is 5.92 Å². The van der Waals surface area contributed by atoms with Gasteiger partial charge in [0, 0.05) is 36.6 Å². The predicted molar refractivity (Wildman–Crippen MR) is 102 cm³/mol. The third-order valence-corrected chi connectivity index (χ3v) is 6.17. The molecule has 3 nitrogen and oxygen atoms in total. The topological polar surface area (TPSA) is 23.6 Å². The van der Waals surface area contributed by atoms with Crippen LogP contribution in [0.2, 0.25) is 0 Å². The van der Waals surface area contributed by atoms with Gasteiger partial charge >= 0.3 is 0 Å². The van der Waals surface area contributed by atoms with Gasteiger partial charge in [0.05, 0.1) is 0 Å². The van der Waals surface area contributed by atoms with E-state index in [4.69, 9.17) is 0 Å². The van der Waals surface area contributed by atoms with Crippen LogP contribution in [0.25, 0.3) is 0 Å². The molecular weight excluding hydrogens is 354 g/mol. The molecule has 0 bridgehead atoms. The second-order valence-corrected chi connectivity index (χ2v) is 8.42. The molecule has 6 heteroatoms. The summed E-state index contributed by atoms with van der Waals surface area (Å²) in [5, 5.41) is 0. The molecule has 0 unspecified atom stereocenters. The van der Waals surface area contributed by atoms with Gasteiger partial charge in [-0.05, 0) is 56.0 Å². The highest BCUT2D eigenvalue weighted by Gasteiger charge is 2.23. The maximum Gasteiger partial charge on any atom is 0.288 e. The first kappa shape index (κ1) is 19.6. The van der Waals surface area contributed by atoms with Crippen molar-refractivity contribution in [3.8, 4) is 0 Å². The minimum Gasteiger partial charge on any atom is -0.337 e. The molecule has 26 heavy (non-hydrogen) atoms. The van der Waals surface area contributed by atoms with Crippen LogP contribution in [0.5, 0.6) is 0 Å². The number of halogens is 2. The lowest BCUT2D eigenvalue weighted by Gasteiger charge is -2.28. The summed E-state index contributed by atoms with van der Waals surface area (Å²) in [7, 11) is 0. The molecule has 1 heterocycles. The summed E-state index contributed by atoms with van der Waals surface area (Å²) >= 11 is 0.510. The molecule has 3 rings (SSSR count). The van der Waals surface area contributed by atoms with Crippen molar-refractivity contribution in [1.29, 1.82) is 0 Å². The number of benzene rings is 1. The maximum absolute atomic E-state index is 12.7. The molecule has 0 radical (unpaired) electrons. The van der Waals surface area contributed by atoms with E-state index in [1.807, 2.05) is 4.90 Å². The fourth-order valence-electron chi connectivity index (χ4n) is 4.05. The quantitative estimate of drug-likeness (QED) is 0.688. The number of rotatable bonds is 5. The molecule has 1 aliphatic carbocycles. The molecule has 1 saturated carbocycles. The Labute approximate surface area is 159 Å². The van der Waals surface area contributed by atoms with Crippen molar-refractivity contribution in [2.75, 3.05) is 32.7 Å². The van der Waals surface area contributed by atoms with Crippen LogP contribution >= 0.6 is 11.8 Å². The average molecular weight is 383 g/mol. The number of hydrogen-bond acceptors (Lipinski definition) is 3. The summed E-state index contributed by atoms with van der Waals surface area (Å²) in [6, 6.07) is 6.55. The van der Waals surface area contributed by atoms with Crippen LogP contribution in [0.1, 0.15) is 48.9 Å². The van der Waals surface area contributed by atoms with E-state index in [1.54, 1.807) is 24.3 Å². The van der Waals surface area contributed by atoms with Gasteiger partial charge in [0.2, 0.25) is 0 Å². The predicted octanol–water partition coefficient (Wildman–Crippen LogP) is 4.73. The number of amides is 1. The molecule has 1 aliphatic heterocycles. The van der Waals surface area contributed by atoms with Crippen molar-refractivity contribution in [2.24, 2.45) is 5.92 Å². The standard InChI is InChI=1S/C20H28F2N2OS/c21-20(22)26-18-9-7-17(8-10-18)19(25)24-12-4-11-23(13-14-24)15-16-5-2-1-3-6-16/h7-10,16,20H,1-6,11-15H2. The van der Waals surface area contributed by atoms with Crippen LogP contribution in [0.3, 0.4) is 0 Å². The molecule has 0 N–H and O–H groups in total. The van der Waals surface area contributed by atoms with E-state index < -0.39 is 5.76 Å². The Bertz CT molecular complexity index is 576. The molecule has 1 aromatic carbocycles. The number of thioether (sulfide) groups is 1. The highest BCUT2D eigenvalue weighted by Crippen LogP contribution is 2.26. The molecule has 0 spiro atoms. The fourth-order valence-corrected chi connectivity index (χ4v) is 4.55. The Morgan fingerprint density at radius 2 is 1.73 bits per heavy atom. The molecule has 144 valence electrons. The number of nitrogens with zero attached hydrogens (tertiary/aromatic N) is 2. The van der Waals surface area contributed by atoms with Crippen LogP contribution < -0.4 is 0 Å². The lowest BCUT2D eigenvalue weighted by Crippen LogP contribution is -2.36. The largest absolute Gasteiger partial charge is 0.337 e. The molecule has 0 aromatic heterocycles. The first-order chi connectivity index (χ1) is 12.6. The van der Waals surface area contributed by atoms with Crippen LogP contribution in [0.15, 0.2) is 29.2 Å². The zero-order valence-electron chi connectivity index (χ0n) is 15.2. The molecule has 1 aromatic rings. The fraction of sp³-hybridized carbons (Fsp3) is 0.650. The van der Waals surface area contributed by atoms with E-state index in [0.29, 0.717) is 22.2 Å². The smallest absolute Gasteiger partial charge is 0.288 e. The number of alkyl halides is 2. The van der Waals surface area contributed by atoms with Crippen molar-refractivity contribution in [3.05, 3.63) is 29.8 Å². The number of carbonyl (C=O) groups is 1. The molecule has 1 amide bonds. The van der Waals surface area contributed by atoms with Gasteiger partial charge in [0.1, 0.15) is 0 Å². The van der Waals surface area contributed by atoms with Crippen molar-refractivity contribution in [3.63, 3.8) is 0 Å². The number of hydrogen-bond donors (Lipinski definition) is 0. The summed E-state index contributed by atoms with van der Waals surface area (Å²) in [6.07, 6.45) is 7.81. The second-order valence-electron chi connectivity index (χ2n) is 7.35. The van der Waals surface area contributed by atoms with E-state index in [0.717, 1.165) is 38.5 Å². The van der Waals surface area contributed by atoms with Gasteiger partial charge in [-0.1, -0.05) is 31.0 Å². The highest BCUT2D eigenvalue weighted by atomic mass is 32.2. The monoisotopic (exact) mass is 382 g/mol. The van der Waals surface area contributed by atoms with E-state index in [1.165, 1.54) is 38.6 Å². The maximum atomic E-state index is 12.7. The minimum absolute atomic E-state index is 0.0121. The Hall–Kier alpha value is -1.14. The van der Waals surface area contributed by atoms with Gasteiger partial charge in [-0.3, -0.25) is 4.79 Å². The molecule has 2 fully saturated rings. The first-order valence-corrected chi connectivity index (χ1v) is 10.6. The third kappa shape index (κ3) is 5.68. The first-order valence-electron chi connectivity index (χ1n) is 9.68. The van der Waals surface area contributed by atoms with Gasteiger partial charge in [0.15, 0.2) is 0 Å². The van der Waals surface area contributed by atoms with Crippen LogP contribution in [0.4, 0.5) is 8.78 Å². The summed E-state index contributed by atoms with van der Waals surface area (Å²) in [5.74, 6) is -1.60. The molecule has 1 saturated heterocycles. The molecular formula is C20H28F2N2OS. The lowest BCUT2D eigenvalue weighted by molar-refractivity contribution is 0.0760. The van der Waals surface area contributed by atoms with Crippen LogP contribution in [-0.4, -0.2) is 54.2 Å². The van der Waals surface area contributed by atoms with Gasteiger partial charge < -0.3 is 9.80 Å². The van der Waals surface area contributed by atoms with Crippen LogP contribution in [-0.2, 0) is 0 Å². The third-order valence-electron chi connectivity index (χ3n) is 5.44. The van der Waals surface area contributed by atoms with Crippen molar-refractivity contribution >= 4 is 17.7 Å². The van der Waals surface area contributed by atoms with E-state index >= 15 is 0 Å². The van der Waals surface area contributed by atoms with Crippen molar-refractivity contribution in [2.45, 2.75) is 49.2 Å². The average Bonchev–Trinajstić information content (AvgIpc) is 2.88. The van der Waals surface area contributed by atoms with Gasteiger partial charge in [-0.2, -0.15) is 8.78 Å². The van der Waals surface area contributed by atoms with Crippen molar-refractivity contribution in [1.82, 2.24) is 9.80 Å². The van der Waals surface area contributed by atoms with E-state index in [2.05, 4.69) is 4.90 Å². The van der Waals surface area contributed by atoms with E-state index in [-0.39, 0.29) is 5.91 Å². The molecule has 2 aliphatic rings. The number of carbonyl (C=O) groups excluding carboxylic acids is 1. The van der Waals surface area contributed by atoms with Gasteiger partial charge in [0.25, 0.3) is 11.7 Å². The summed E-state index contributed by atoms with van der Waals surface area (Å²) < 4.78 is 24.8. The lowest BCUT2D eigenvalue weighted by atomic mass is 9.89. The Morgan fingerprint density at radius 1 is 1.00 bits per heavy atom. The van der Waals surface area contributed by atoms with Gasteiger partial charge in [-0.15, -0.1) is 0 Å². The molecule has 0 atom stereocenters. The summed E-state index contributed by atoms with van der Waals surface area (Å²) in [5.41, 5.74) is 0.587. The Kier molecular flexibility index (Phi) is 7.32. The second kappa shape index (κ2) is 9.70. The zero-order chi connectivity index (χ0) is 18.4. The highest BCUT2D eigenvalue weighted by molar-refractivity contribution is 7.99. The SMILES string of the molecule is O=C(c1ccc(SC(F)F)cc1)N1CCCN(CC2CCCCC2)CC1. The normalized spacial score (nSPS) is 20.3. The Morgan fingerprint density at radius 3 is 2.42 bits per heavy atom. The summed E-state index contributed by atoms with van der Waals surface area (Å²) in [4.78, 5) is 17.7. The van der Waals surface area contributed by atoms with Crippen molar-refractivity contribution < 1.29 is 13.6 Å².